The maximum Gasteiger partial charge on any atom is 0.225 e. The number of nitrogen functional groups attached to an aromatic ring is 1. The first-order valence-electron chi connectivity index (χ1n) is 7.13. The Morgan fingerprint density at radius 3 is 2.76 bits per heavy atom. The summed E-state index contributed by atoms with van der Waals surface area (Å²) in [5.74, 6) is -0.0985. The molecule has 0 fully saturated rings. The zero-order valence-electron chi connectivity index (χ0n) is 12.6. The van der Waals surface area contributed by atoms with E-state index >= 15 is 0 Å². The number of aliphatic hydroxyl groups excluding tert-OH is 1. The number of halogens is 1. The molecule has 6 heteroatoms. The molecule has 1 rings (SSSR count). The summed E-state index contributed by atoms with van der Waals surface area (Å²) < 4.78 is 0. The van der Waals surface area contributed by atoms with Crippen LogP contribution in [0.4, 0.5) is 11.4 Å². The van der Waals surface area contributed by atoms with Gasteiger partial charge in [0.15, 0.2) is 0 Å². The van der Waals surface area contributed by atoms with Crippen LogP contribution in [0.3, 0.4) is 0 Å². The van der Waals surface area contributed by atoms with Crippen molar-refractivity contribution in [2.75, 3.05) is 30.7 Å². The van der Waals surface area contributed by atoms with Gasteiger partial charge in [0.1, 0.15) is 0 Å². The van der Waals surface area contributed by atoms with Crippen LogP contribution in [0.1, 0.15) is 26.7 Å². The molecule has 5 nitrogen and oxygen atoms in total. The van der Waals surface area contributed by atoms with Crippen LogP contribution in [-0.2, 0) is 4.79 Å². The summed E-state index contributed by atoms with van der Waals surface area (Å²) in [5.41, 5.74) is 6.83. The van der Waals surface area contributed by atoms with Gasteiger partial charge in [0.2, 0.25) is 5.91 Å². The van der Waals surface area contributed by atoms with Crippen molar-refractivity contribution in [2.24, 2.45) is 0 Å². The number of nitrogens with one attached hydrogen (secondary N) is 1. The summed E-state index contributed by atoms with van der Waals surface area (Å²) >= 11 is 5.89. The second-order valence-corrected chi connectivity index (χ2v) is 5.67. The smallest absolute Gasteiger partial charge is 0.225 e. The van der Waals surface area contributed by atoms with E-state index in [2.05, 4.69) is 24.1 Å². The van der Waals surface area contributed by atoms with Gasteiger partial charge in [0.05, 0.1) is 11.4 Å². The molecule has 0 bridgehead atoms. The molecule has 0 aliphatic carbocycles. The van der Waals surface area contributed by atoms with Crippen LogP contribution in [0.15, 0.2) is 18.2 Å². The zero-order valence-corrected chi connectivity index (χ0v) is 13.4. The van der Waals surface area contributed by atoms with Crippen LogP contribution in [0, 0.1) is 0 Å². The Morgan fingerprint density at radius 2 is 2.14 bits per heavy atom. The number of nitrogens with two attached hydrogens (primary N) is 1. The van der Waals surface area contributed by atoms with Crippen molar-refractivity contribution < 1.29 is 9.90 Å². The maximum absolute atomic E-state index is 12.0. The average Bonchev–Trinajstić information content (AvgIpc) is 2.42. The SMILES string of the molecule is CC(C)N(CCCO)CCC(=O)Nc1cc(Cl)ccc1N. The molecule has 0 aliphatic heterocycles. The van der Waals surface area contributed by atoms with Gasteiger partial charge in [-0.15, -0.1) is 0 Å². The number of nitrogens with zero attached hydrogens (tertiary/aromatic N) is 1. The Balaban J connectivity index is 2.50. The third-order valence-electron chi connectivity index (χ3n) is 3.25. The number of benzene rings is 1. The Hall–Kier alpha value is -1.30. The van der Waals surface area contributed by atoms with Crippen molar-refractivity contribution >= 4 is 28.9 Å². The van der Waals surface area contributed by atoms with Gasteiger partial charge in [-0.1, -0.05) is 11.6 Å². The van der Waals surface area contributed by atoms with E-state index in [1.54, 1.807) is 18.2 Å². The van der Waals surface area contributed by atoms with Crippen molar-refractivity contribution in [1.82, 2.24) is 4.90 Å². The minimum atomic E-state index is -0.0985. The fourth-order valence-corrected chi connectivity index (χ4v) is 2.17. The van der Waals surface area contributed by atoms with Crippen molar-refractivity contribution in [1.29, 1.82) is 0 Å². The fraction of sp³-hybridized carbons (Fsp3) is 0.533. The van der Waals surface area contributed by atoms with Crippen LogP contribution < -0.4 is 11.1 Å². The lowest BCUT2D eigenvalue weighted by molar-refractivity contribution is -0.116. The first kappa shape index (κ1) is 17.8. The molecular formula is C15H24ClN3O2. The lowest BCUT2D eigenvalue weighted by Crippen LogP contribution is -2.35. The highest BCUT2D eigenvalue weighted by Crippen LogP contribution is 2.23. The number of rotatable bonds is 8. The van der Waals surface area contributed by atoms with Crippen LogP contribution in [0.25, 0.3) is 0 Å². The molecule has 0 aliphatic rings. The van der Waals surface area contributed by atoms with Gasteiger partial charge in [-0.2, -0.15) is 0 Å². The van der Waals surface area contributed by atoms with Crippen LogP contribution in [0.2, 0.25) is 5.02 Å². The van der Waals surface area contributed by atoms with Gasteiger partial charge in [-0.05, 0) is 38.5 Å². The number of anilines is 2. The second kappa shape index (κ2) is 8.87. The molecule has 1 aromatic carbocycles. The molecule has 0 saturated heterocycles. The molecule has 1 amide bonds. The molecule has 21 heavy (non-hydrogen) atoms. The molecule has 0 radical (unpaired) electrons. The number of amides is 1. The third kappa shape index (κ3) is 6.33. The van der Waals surface area contributed by atoms with Crippen LogP contribution >= 0.6 is 11.6 Å². The molecule has 118 valence electrons. The highest BCUT2D eigenvalue weighted by Gasteiger charge is 2.12. The molecule has 0 unspecified atom stereocenters. The fourth-order valence-electron chi connectivity index (χ4n) is 2.00. The van der Waals surface area contributed by atoms with Crippen LogP contribution in [0.5, 0.6) is 0 Å². The number of hydrogen-bond donors (Lipinski definition) is 3. The highest BCUT2D eigenvalue weighted by molar-refractivity contribution is 6.31. The molecule has 0 saturated carbocycles. The minimum absolute atomic E-state index is 0.0985. The van der Waals surface area contributed by atoms with E-state index in [1.807, 2.05) is 0 Å². The van der Waals surface area contributed by atoms with Crippen molar-refractivity contribution in [3.63, 3.8) is 0 Å². The maximum atomic E-state index is 12.0. The van der Waals surface area contributed by atoms with Gasteiger partial charge >= 0.3 is 0 Å². The van der Waals surface area contributed by atoms with Crippen molar-refractivity contribution in [3.05, 3.63) is 23.2 Å². The van der Waals surface area contributed by atoms with Gasteiger partial charge in [0.25, 0.3) is 0 Å². The number of hydrogen-bond acceptors (Lipinski definition) is 4. The van der Waals surface area contributed by atoms with Gasteiger partial charge in [0, 0.05) is 37.2 Å². The Kier molecular flexibility index (Phi) is 7.50. The van der Waals surface area contributed by atoms with E-state index in [0.29, 0.717) is 41.8 Å². The summed E-state index contributed by atoms with van der Waals surface area (Å²) in [7, 11) is 0. The monoisotopic (exact) mass is 313 g/mol. The molecule has 0 heterocycles. The lowest BCUT2D eigenvalue weighted by atomic mass is 10.2. The second-order valence-electron chi connectivity index (χ2n) is 5.24. The van der Waals surface area contributed by atoms with E-state index in [0.717, 1.165) is 6.54 Å². The Morgan fingerprint density at radius 1 is 1.43 bits per heavy atom. The van der Waals surface area contributed by atoms with Gasteiger partial charge in [-0.3, -0.25) is 4.79 Å². The summed E-state index contributed by atoms with van der Waals surface area (Å²) in [4.78, 5) is 14.2. The zero-order chi connectivity index (χ0) is 15.8. The quantitative estimate of drug-likeness (QED) is 0.644. The number of carbonyl (C=O) groups is 1. The lowest BCUT2D eigenvalue weighted by Gasteiger charge is -2.25. The van der Waals surface area contributed by atoms with E-state index in [-0.39, 0.29) is 12.5 Å². The predicted octanol–water partition coefficient (Wildman–Crippen LogP) is 2.34. The topological polar surface area (TPSA) is 78.6 Å². The van der Waals surface area contributed by atoms with E-state index in [4.69, 9.17) is 22.4 Å². The molecule has 0 aromatic heterocycles. The summed E-state index contributed by atoms with van der Waals surface area (Å²) in [6.45, 7) is 5.73. The predicted molar refractivity (Wildman–Crippen MR) is 87.5 cm³/mol. The summed E-state index contributed by atoms with van der Waals surface area (Å²) in [6, 6.07) is 5.32. The summed E-state index contributed by atoms with van der Waals surface area (Å²) in [5, 5.41) is 12.2. The molecule has 0 spiro atoms. The number of carbonyl (C=O) groups excluding carboxylic acids is 1. The van der Waals surface area contributed by atoms with Gasteiger partial charge in [-0.25, -0.2) is 0 Å². The van der Waals surface area contributed by atoms with E-state index in [1.165, 1.54) is 0 Å². The first-order chi connectivity index (χ1) is 9.93. The van der Waals surface area contributed by atoms with Crippen molar-refractivity contribution in [2.45, 2.75) is 32.7 Å². The highest BCUT2D eigenvalue weighted by atomic mass is 35.5. The van der Waals surface area contributed by atoms with E-state index < -0.39 is 0 Å². The molecular weight excluding hydrogens is 290 g/mol. The van der Waals surface area contributed by atoms with Crippen LogP contribution in [-0.4, -0.2) is 41.7 Å². The third-order valence-corrected chi connectivity index (χ3v) is 3.48. The van der Waals surface area contributed by atoms with Gasteiger partial charge < -0.3 is 21.1 Å². The van der Waals surface area contributed by atoms with E-state index in [9.17, 15) is 4.79 Å². The minimum Gasteiger partial charge on any atom is -0.397 e. The number of aliphatic hydroxyl groups is 1. The normalized spacial score (nSPS) is 11.1. The van der Waals surface area contributed by atoms with Crippen molar-refractivity contribution in [3.8, 4) is 0 Å². The summed E-state index contributed by atoms with van der Waals surface area (Å²) in [6.07, 6.45) is 1.08. The largest absolute Gasteiger partial charge is 0.397 e. The first-order valence-corrected chi connectivity index (χ1v) is 7.51. The molecule has 0 atom stereocenters. The molecule has 4 N–H and O–H groups in total. The average molecular weight is 314 g/mol. The Labute approximate surface area is 131 Å². The molecule has 1 aromatic rings. The Bertz CT molecular complexity index is 466. The standard InChI is InChI=1S/C15H24ClN3O2/c1-11(2)19(7-3-9-20)8-6-15(21)18-14-10-12(16)4-5-13(14)17/h4-5,10-11,20H,3,6-9,17H2,1-2H3,(H,18,21).